The molecule has 0 aliphatic carbocycles. The summed E-state index contributed by atoms with van der Waals surface area (Å²) >= 11 is 0. The normalized spacial score (nSPS) is 13.3. The summed E-state index contributed by atoms with van der Waals surface area (Å²) in [5.74, 6) is -0.189. The first kappa shape index (κ1) is 25.7. The van der Waals surface area contributed by atoms with Crippen molar-refractivity contribution in [3.05, 3.63) is 0 Å². The van der Waals surface area contributed by atoms with Crippen molar-refractivity contribution in [2.75, 3.05) is 92.2 Å². The molecule has 0 radical (unpaired) electrons. The maximum atomic E-state index is 12.3. The zero-order valence-corrected chi connectivity index (χ0v) is 18.2. The molecular formula is C18H39O7P. The van der Waals surface area contributed by atoms with E-state index in [1.807, 2.05) is 0 Å². The van der Waals surface area contributed by atoms with E-state index in [2.05, 4.69) is 20.5 Å². The SMILES string of the molecule is CCP(C)(CC)(CCOCCOC)OC(=O)CCOCCOCCOC. The number of methoxy groups -OCH3 is 2. The Morgan fingerprint density at radius 3 is 1.69 bits per heavy atom. The van der Waals surface area contributed by atoms with E-state index in [9.17, 15) is 4.79 Å². The van der Waals surface area contributed by atoms with Crippen LogP contribution >= 0.6 is 6.83 Å². The molecule has 0 unspecified atom stereocenters. The first-order valence-electron chi connectivity index (χ1n) is 9.38. The fourth-order valence-corrected chi connectivity index (χ4v) is 5.06. The van der Waals surface area contributed by atoms with Crippen molar-refractivity contribution in [3.8, 4) is 0 Å². The van der Waals surface area contributed by atoms with Crippen molar-refractivity contribution in [3.63, 3.8) is 0 Å². The van der Waals surface area contributed by atoms with Gasteiger partial charge in [-0.05, 0) is 0 Å². The van der Waals surface area contributed by atoms with Gasteiger partial charge in [0, 0.05) is 0 Å². The Hall–Kier alpha value is -0.300. The number of carbonyl (C=O) groups excluding carboxylic acids is 1. The molecule has 0 spiro atoms. The van der Waals surface area contributed by atoms with Crippen LogP contribution in [0.1, 0.15) is 20.3 Å². The molecule has 0 aromatic heterocycles. The molecule has 0 saturated carbocycles. The Balaban J connectivity index is 4.15. The van der Waals surface area contributed by atoms with Crippen molar-refractivity contribution < 1.29 is 33.0 Å². The van der Waals surface area contributed by atoms with E-state index in [1.54, 1.807) is 14.2 Å². The van der Waals surface area contributed by atoms with Crippen molar-refractivity contribution >= 4 is 12.8 Å². The summed E-state index contributed by atoms with van der Waals surface area (Å²) in [6, 6.07) is 0. The summed E-state index contributed by atoms with van der Waals surface area (Å²) in [6.45, 7) is 7.91. The van der Waals surface area contributed by atoms with E-state index < -0.39 is 6.83 Å². The quantitative estimate of drug-likeness (QED) is 0.259. The molecule has 0 saturated heterocycles. The van der Waals surface area contributed by atoms with Crippen LogP contribution in [0.5, 0.6) is 0 Å². The van der Waals surface area contributed by atoms with Crippen molar-refractivity contribution in [1.82, 2.24) is 0 Å². The predicted octanol–water partition coefficient (Wildman–Crippen LogP) is 2.40. The summed E-state index contributed by atoms with van der Waals surface area (Å²) in [6.07, 6.45) is 2.75. The summed E-state index contributed by atoms with van der Waals surface area (Å²) < 4.78 is 32.2. The fraction of sp³-hybridized carbons (Fsp3) is 0.944. The van der Waals surface area contributed by atoms with Crippen molar-refractivity contribution in [2.24, 2.45) is 0 Å². The van der Waals surface area contributed by atoms with Gasteiger partial charge < -0.3 is 0 Å². The average Bonchev–Trinajstić information content (AvgIpc) is 2.64. The van der Waals surface area contributed by atoms with Crippen LogP contribution in [0, 0.1) is 0 Å². The maximum absolute atomic E-state index is 12.3. The van der Waals surface area contributed by atoms with E-state index in [4.69, 9.17) is 28.2 Å². The van der Waals surface area contributed by atoms with Gasteiger partial charge in [0.1, 0.15) is 0 Å². The molecule has 7 nitrogen and oxygen atoms in total. The van der Waals surface area contributed by atoms with Crippen LogP contribution in [0.3, 0.4) is 0 Å². The fourth-order valence-electron chi connectivity index (χ4n) is 2.26. The van der Waals surface area contributed by atoms with Crippen LogP contribution in [0.2, 0.25) is 0 Å². The third-order valence-electron chi connectivity index (χ3n) is 4.72. The number of rotatable bonds is 18. The van der Waals surface area contributed by atoms with Crippen LogP contribution in [-0.4, -0.2) is 98.2 Å². The number of hydrogen-bond acceptors (Lipinski definition) is 7. The van der Waals surface area contributed by atoms with Crippen LogP contribution < -0.4 is 0 Å². The van der Waals surface area contributed by atoms with Gasteiger partial charge in [-0.25, -0.2) is 0 Å². The van der Waals surface area contributed by atoms with Crippen molar-refractivity contribution in [1.29, 1.82) is 0 Å². The first-order chi connectivity index (χ1) is 12.4. The van der Waals surface area contributed by atoms with Gasteiger partial charge in [-0.2, -0.15) is 0 Å². The van der Waals surface area contributed by atoms with Crippen LogP contribution in [-0.2, 0) is 33.0 Å². The second-order valence-corrected chi connectivity index (χ2v) is 12.9. The zero-order valence-electron chi connectivity index (χ0n) is 17.3. The van der Waals surface area contributed by atoms with Gasteiger partial charge in [-0.1, -0.05) is 0 Å². The van der Waals surface area contributed by atoms with Crippen molar-refractivity contribution in [2.45, 2.75) is 20.3 Å². The molecule has 0 aliphatic rings. The summed E-state index contributed by atoms with van der Waals surface area (Å²) in [5, 5.41) is 0. The van der Waals surface area contributed by atoms with Crippen LogP contribution in [0.25, 0.3) is 0 Å². The van der Waals surface area contributed by atoms with Gasteiger partial charge in [0.05, 0.1) is 0 Å². The minimum atomic E-state index is -2.55. The molecule has 0 aromatic rings. The second kappa shape index (κ2) is 14.7. The van der Waals surface area contributed by atoms with Gasteiger partial charge in [-0.15, -0.1) is 0 Å². The number of ether oxygens (including phenoxy) is 5. The third kappa shape index (κ3) is 11.4. The van der Waals surface area contributed by atoms with E-state index in [0.29, 0.717) is 52.9 Å². The summed E-state index contributed by atoms with van der Waals surface area (Å²) in [7, 11) is 3.28. The molecule has 0 atom stereocenters. The average molecular weight is 398 g/mol. The topological polar surface area (TPSA) is 72.5 Å². The van der Waals surface area contributed by atoms with Crippen LogP contribution in [0.15, 0.2) is 0 Å². The molecule has 8 heteroatoms. The van der Waals surface area contributed by atoms with Gasteiger partial charge in [0.2, 0.25) is 0 Å². The van der Waals surface area contributed by atoms with Gasteiger partial charge in [-0.3, -0.25) is 0 Å². The molecule has 0 heterocycles. The molecule has 26 heavy (non-hydrogen) atoms. The third-order valence-corrected chi connectivity index (χ3v) is 10.5. The van der Waals surface area contributed by atoms with Gasteiger partial charge in [0.15, 0.2) is 0 Å². The van der Waals surface area contributed by atoms with E-state index in [0.717, 1.165) is 18.5 Å². The number of hydrogen-bond donors (Lipinski definition) is 0. The predicted molar refractivity (Wildman–Crippen MR) is 106 cm³/mol. The first-order valence-corrected chi connectivity index (χ1v) is 12.5. The Labute approximate surface area is 159 Å². The zero-order chi connectivity index (χ0) is 19.8. The molecule has 0 bridgehead atoms. The minimum absolute atomic E-state index is 0.189. The Bertz CT molecular complexity index is 361. The molecule has 0 aromatic carbocycles. The van der Waals surface area contributed by atoms with Gasteiger partial charge in [0.25, 0.3) is 0 Å². The molecular weight excluding hydrogens is 359 g/mol. The second-order valence-electron chi connectivity index (χ2n) is 6.58. The van der Waals surface area contributed by atoms with Gasteiger partial charge >= 0.3 is 158 Å². The molecule has 158 valence electrons. The Morgan fingerprint density at radius 2 is 1.19 bits per heavy atom. The standard InChI is InChI=1S/C18H39O7P/c1-6-26(5,7-2,17-16-24-13-11-21-4)25-18(19)8-9-22-14-15-23-12-10-20-3/h6-17H2,1-5H3. The van der Waals surface area contributed by atoms with Crippen LogP contribution in [0.4, 0.5) is 0 Å². The molecule has 0 amide bonds. The molecule has 0 fully saturated rings. The molecule has 0 rings (SSSR count). The summed E-state index contributed by atoms with van der Waals surface area (Å²) in [5.41, 5.74) is 0. The van der Waals surface area contributed by atoms with E-state index in [-0.39, 0.29) is 12.4 Å². The Morgan fingerprint density at radius 1 is 0.731 bits per heavy atom. The summed E-state index contributed by atoms with van der Waals surface area (Å²) in [4.78, 5) is 12.3. The molecule has 0 N–H and O–H groups in total. The Kier molecular flexibility index (Phi) is 14.6. The molecule has 0 aliphatic heterocycles. The van der Waals surface area contributed by atoms with E-state index >= 15 is 0 Å². The number of carbonyl (C=O) groups is 1. The van der Waals surface area contributed by atoms with E-state index in [1.165, 1.54) is 0 Å². The monoisotopic (exact) mass is 398 g/mol.